The SMILES string of the molecule is COc1cnc2c(-c3nc4cc(F)c(OCCOC(=O)Nc5cncnc5)cc4s3)cc(C)cc2n1. The van der Waals surface area contributed by atoms with E-state index in [0.29, 0.717) is 33.1 Å². The van der Waals surface area contributed by atoms with Crippen LogP contribution >= 0.6 is 11.3 Å². The second kappa shape index (κ2) is 10.0. The van der Waals surface area contributed by atoms with Gasteiger partial charge in [0.05, 0.1) is 52.6 Å². The highest BCUT2D eigenvalue weighted by atomic mass is 32.1. The fourth-order valence-electron chi connectivity index (χ4n) is 3.47. The topological polar surface area (TPSA) is 121 Å². The molecule has 0 aliphatic rings. The van der Waals surface area contributed by atoms with Crippen LogP contribution in [0.1, 0.15) is 5.56 Å². The number of ether oxygens (including phenoxy) is 3. The number of carbonyl (C=O) groups is 1. The number of hydrogen-bond donors (Lipinski definition) is 1. The van der Waals surface area contributed by atoms with E-state index < -0.39 is 11.9 Å². The maximum atomic E-state index is 14.7. The summed E-state index contributed by atoms with van der Waals surface area (Å²) in [5.41, 5.74) is 4.03. The molecular formula is C24H19FN6O4S. The van der Waals surface area contributed by atoms with Crippen molar-refractivity contribution in [3.63, 3.8) is 0 Å². The standard InChI is InChI=1S/C24H19FN6O4S/c1-13-5-15(22-18(6-13)30-21(33-2)11-28-22)23-31-17-7-16(25)19(8-20(17)36-23)34-3-4-35-24(32)29-14-9-26-12-27-10-14/h5-12H,3-4H2,1-2H3,(H,29,32). The van der Waals surface area contributed by atoms with Gasteiger partial charge in [0.1, 0.15) is 24.5 Å². The molecule has 0 radical (unpaired) electrons. The predicted octanol–water partition coefficient (Wildman–Crippen LogP) is 4.78. The van der Waals surface area contributed by atoms with Crippen LogP contribution in [0.25, 0.3) is 31.8 Å². The second-order valence-electron chi connectivity index (χ2n) is 7.60. The molecule has 36 heavy (non-hydrogen) atoms. The van der Waals surface area contributed by atoms with Gasteiger partial charge in [0, 0.05) is 17.7 Å². The Morgan fingerprint density at radius 1 is 1.06 bits per heavy atom. The van der Waals surface area contributed by atoms with Gasteiger partial charge in [-0.1, -0.05) is 0 Å². The van der Waals surface area contributed by atoms with Gasteiger partial charge in [-0.3, -0.25) is 5.32 Å². The minimum absolute atomic E-state index is 0.0350. The molecule has 0 aliphatic heterocycles. The third-order valence-electron chi connectivity index (χ3n) is 5.03. The highest BCUT2D eigenvalue weighted by Gasteiger charge is 2.16. The average Bonchev–Trinajstić information content (AvgIpc) is 3.28. The molecule has 3 aromatic heterocycles. The smallest absolute Gasteiger partial charge is 0.411 e. The first-order chi connectivity index (χ1) is 17.5. The zero-order valence-corrected chi connectivity index (χ0v) is 20.0. The van der Waals surface area contributed by atoms with Crippen molar-refractivity contribution in [2.75, 3.05) is 25.6 Å². The van der Waals surface area contributed by atoms with Crippen LogP contribution < -0.4 is 14.8 Å². The number of aromatic nitrogens is 5. The van der Waals surface area contributed by atoms with Crippen LogP contribution in [-0.4, -0.2) is 51.3 Å². The summed E-state index contributed by atoms with van der Waals surface area (Å²) in [4.78, 5) is 33.0. The van der Waals surface area contributed by atoms with E-state index in [0.717, 1.165) is 15.8 Å². The number of halogens is 1. The molecule has 0 spiro atoms. The van der Waals surface area contributed by atoms with Crippen molar-refractivity contribution in [3.05, 3.63) is 60.6 Å². The Labute approximate surface area is 208 Å². The second-order valence-corrected chi connectivity index (χ2v) is 8.63. The summed E-state index contributed by atoms with van der Waals surface area (Å²) in [5, 5.41) is 3.16. The number of nitrogens with one attached hydrogen (secondary N) is 1. The highest BCUT2D eigenvalue weighted by molar-refractivity contribution is 7.21. The molecule has 3 heterocycles. The number of amides is 1. The fraction of sp³-hybridized carbons (Fsp3) is 0.167. The van der Waals surface area contributed by atoms with Crippen LogP contribution in [0.2, 0.25) is 0 Å². The number of benzene rings is 2. The molecule has 0 aliphatic carbocycles. The number of methoxy groups -OCH3 is 1. The summed E-state index contributed by atoms with van der Waals surface area (Å²) in [6.45, 7) is 1.84. The highest BCUT2D eigenvalue weighted by Crippen LogP contribution is 2.37. The van der Waals surface area contributed by atoms with Crippen LogP contribution in [0.3, 0.4) is 0 Å². The number of hydrogen-bond acceptors (Lipinski definition) is 10. The summed E-state index contributed by atoms with van der Waals surface area (Å²) in [6, 6.07) is 6.79. The summed E-state index contributed by atoms with van der Waals surface area (Å²) >= 11 is 1.39. The van der Waals surface area contributed by atoms with Gasteiger partial charge in [0.2, 0.25) is 5.88 Å². The molecule has 2 aromatic carbocycles. The van der Waals surface area contributed by atoms with Gasteiger partial charge < -0.3 is 14.2 Å². The molecule has 1 N–H and O–H groups in total. The minimum Gasteiger partial charge on any atom is -0.487 e. The first-order valence-electron chi connectivity index (χ1n) is 10.7. The Morgan fingerprint density at radius 3 is 2.69 bits per heavy atom. The number of nitrogens with zero attached hydrogens (tertiary/aromatic N) is 5. The summed E-state index contributed by atoms with van der Waals surface area (Å²) < 4.78 is 31.1. The van der Waals surface area contributed by atoms with Crippen molar-refractivity contribution in [2.24, 2.45) is 0 Å². The molecule has 0 saturated heterocycles. The third kappa shape index (κ3) is 4.98. The van der Waals surface area contributed by atoms with E-state index in [1.165, 1.54) is 43.2 Å². The Kier molecular flexibility index (Phi) is 6.50. The molecule has 10 nitrogen and oxygen atoms in total. The average molecular weight is 507 g/mol. The Morgan fingerprint density at radius 2 is 1.89 bits per heavy atom. The lowest BCUT2D eigenvalue weighted by Crippen LogP contribution is -2.18. The molecule has 0 saturated carbocycles. The zero-order valence-electron chi connectivity index (χ0n) is 19.2. The van der Waals surface area contributed by atoms with E-state index in [2.05, 4.69) is 30.2 Å². The van der Waals surface area contributed by atoms with E-state index in [4.69, 9.17) is 14.2 Å². The molecule has 12 heteroatoms. The number of fused-ring (bicyclic) bond motifs is 2. The van der Waals surface area contributed by atoms with Crippen LogP contribution in [0.4, 0.5) is 14.9 Å². The van der Waals surface area contributed by atoms with Crippen LogP contribution in [0, 0.1) is 12.7 Å². The van der Waals surface area contributed by atoms with Crippen molar-refractivity contribution in [1.29, 1.82) is 0 Å². The third-order valence-corrected chi connectivity index (χ3v) is 6.08. The first kappa shape index (κ1) is 23.3. The van der Waals surface area contributed by atoms with E-state index in [1.807, 2.05) is 19.1 Å². The molecule has 1 amide bonds. The van der Waals surface area contributed by atoms with E-state index in [9.17, 15) is 9.18 Å². The van der Waals surface area contributed by atoms with Crippen LogP contribution in [0.15, 0.2) is 49.2 Å². The zero-order chi connectivity index (χ0) is 25.1. The molecular weight excluding hydrogens is 487 g/mol. The number of rotatable bonds is 7. The Bertz CT molecular complexity index is 1560. The van der Waals surface area contributed by atoms with Gasteiger partial charge in [-0.25, -0.2) is 34.1 Å². The van der Waals surface area contributed by atoms with E-state index in [-0.39, 0.29) is 19.0 Å². The van der Waals surface area contributed by atoms with Crippen molar-refractivity contribution in [1.82, 2.24) is 24.9 Å². The Hall–Kier alpha value is -4.45. The first-order valence-corrected chi connectivity index (χ1v) is 11.6. The molecule has 0 bridgehead atoms. The minimum atomic E-state index is -0.692. The summed E-state index contributed by atoms with van der Waals surface area (Å²) in [6.07, 6.45) is 5.07. The van der Waals surface area contributed by atoms with E-state index >= 15 is 0 Å². The summed E-state index contributed by atoms with van der Waals surface area (Å²) in [7, 11) is 1.54. The van der Waals surface area contributed by atoms with Crippen LogP contribution in [0.5, 0.6) is 11.6 Å². The number of aryl methyl sites for hydroxylation is 1. The lowest BCUT2D eigenvalue weighted by Gasteiger charge is -2.09. The number of carbonyl (C=O) groups excluding carboxylic acids is 1. The van der Waals surface area contributed by atoms with Gasteiger partial charge >= 0.3 is 6.09 Å². The quantitative estimate of drug-likeness (QED) is 0.311. The van der Waals surface area contributed by atoms with Crippen molar-refractivity contribution >= 4 is 44.4 Å². The maximum absolute atomic E-state index is 14.7. The van der Waals surface area contributed by atoms with Crippen LogP contribution in [-0.2, 0) is 4.74 Å². The van der Waals surface area contributed by atoms with Crippen molar-refractivity contribution < 1.29 is 23.4 Å². The maximum Gasteiger partial charge on any atom is 0.411 e. The lowest BCUT2D eigenvalue weighted by atomic mass is 10.1. The fourth-order valence-corrected chi connectivity index (χ4v) is 4.46. The number of thiazole rings is 1. The Balaban J connectivity index is 1.31. The van der Waals surface area contributed by atoms with Gasteiger partial charge in [0.25, 0.3) is 0 Å². The van der Waals surface area contributed by atoms with Crippen molar-refractivity contribution in [2.45, 2.75) is 6.92 Å². The van der Waals surface area contributed by atoms with Gasteiger partial charge in [0.15, 0.2) is 11.6 Å². The van der Waals surface area contributed by atoms with Gasteiger partial charge in [-0.15, -0.1) is 11.3 Å². The molecule has 0 fully saturated rings. The van der Waals surface area contributed by atoms with Gasteiger partial charge in [-0.05, 0) is 24.6 Å². The number of anilines is 1. The molecule has 0 atom stereocenters. The predicted molar refractivity (Wildman–Crippen MR) is 132 cm³/mol. The molecule has 5 rings (SSSR count). The summed E-state index contributed by atoms with van der Waals surface area (Å²) in [5.74, 6) is -0.108. The molecule has 5 aromatic rings. The normalized spacial score (nSPS) is 11.0. The monoisotopic (exact) mass is 506 g/mol. The lowest BCUT2D eigenvalue weighted by molar-refractivity contribution is 0.136. The van der Waals surface area contributed by atoms with E-state index in [1.54, 1.807) is 12.3 Å². The van der Waals surface area contributed by atoms with Crippen molar-refractivity contribution in [3.8, 4) is 22.2 Å². The van der Waals surface area contributed by atoms with Gasteiger partial charge in [-0.2, -0.15) is 0 Å². The largest absolute Gasteiger partial charge is 0.487 e. The molecule has 182 valence electrons. The molecule has 0 unspecified atom stereocenters.